The van der Waals surface area contributed by atoms with Crippen molar-refractivity contribution in [3.8, 4) is 5.75 Å². The van der Waals surface area contributed by atoms with Gasteiger partial charge < -0.3 is 24.6 Å². The standard InChI is InChI=1S/C25H32F2N2O4/c1-19-3-2-4-22(11-19)29-7-5-24(30,6-8-29)15-28-9-10-32-17-25(31,16-28)18-33-23-13-20(26)12-21(27)14-23/h2-4,11-14,30-31H,5-10,15-18H2,1H3/t25-/m0/s1. The highest BCUT2D eigenvalue weighted by atomic mass is 19.1. The highest BCUT2D eigenvalue weighted by Gasteiger charge is 2.39. The lowest BCUT2D eigenvalue weighted by molar-refractivity contribution is -0.0743. The van der Waals surface area contributed by atoms with E-state index in [4.69, 9.17) is 9.47 Å². The molecule has 33 heavy (non-hydrogen) atoms. The van der Waals surface area contributed by atoms with Gasteiger partial charge in [-0.1, -0.05) is 12.1 Å². The molecule has 0 spiro atoms. The van der Waals surface area contributed by atoms with Crippen LogP contribution in [-0.4, -0.2) is 78.9 Å². The summed E-state index contributed by atoms with van der Waals surface area (Å²) in [5.41, 5.74) is 0.150. The molecule has 0 aliphatic carbocycles. The Balaban J connectivity index is 1.34. The third kappa shape index (κ3) is 6.41. The zero-order chi connectivity index (χ0) is 23.5. The molecule has 2 N–H and O–H groups in total. The predicted octanol–water partition coefficient (Wildman–Crippen LogP) is 2.75. The van der Waals surface area contributed by atoms with E-state index in [0.29, 0.717) is 32.5 Å². The number of hydrogen-bond acceptors (Lipinski definition) is 6. The van der Waals surface area contributed by atoms with Crippen molar-refractivity contribution in [2.24, 2.45) is 0 Å². The minimum atomic E-state index is -1.36. The fourth-order valence-corrected chi connectivity index (χ4v) is 4.63. The summed E-state index contributed by atoms with van der Waals surface area (Å²) in [4.78, 5) is 4.28. The van der Waals surface area contributed by atoms with E-state index in [-0.39, 0.29) is 25.5 Å². The quantitative estimate of drug-likeness (QED) is 0.689. The van der Waals surface area contributed by atoms with E-state index in [1.54, 1.807) is 0 Å². The van der Waals surface area contributed by atoms with Gasteiger partial charge in [0, 0.05) is 56.6 Å². The highest BCUT2D eigenvalue weighted by Crippen LogP contribution is 2.29. The molecular weight excluding hydrogens is 430 g/mol. The Hall–Kier alpha value is -2.26. The van der Waals surface area contributed by atoms with Crippen LogP contribution >= 0.6 is 0 Å². The summed E-state index contributed by atoms with van der Waals surface area (Å²) in [5, 5.41) is 22.4. The maximum atomic E-state index is 13.4. The summed E-state index contributed by atoms with van der Waals surface area (Å²) in [6, 6.07) is 11.3. The van der Waals surface area contributed by atoms with Crippen LogP contribution in [0.15, 0.2) is 42.5 Å². The van der Waals surface area contributed by atoms with Gasteiger partial charge in [-0.05, 0) is 37.5 Å². The number of piperidine rings is 1. The average molecular weight is 463 g/mol. The maximum absolute atomic E-state index is 13.4. The minimum absolute atomic E-state index is 0.0128. The van der Waals surface area contributed by atoms with E-state index in [1.165, 1.54) is 11.3 Å². The molecule has 2 heterocycles. The molecular formula is C25H32F2N2O4. The number of ether oxygens (including phenoxy) is 2. The summed E-state index contributed by atoms with van der Waals surface area (Å²) >= 11 is 0. The van der Waals surface area contributed by atoms with Gasteiger partial charge in [-0.3, -0.25) is 4.90 Å². The van der Waals surface area contributed by atoms with Gasteiger partial charge in [0.05, 0.1) is 18.8 Å². The second kappa shape index (κ2) is 9.93. The van der Waals surface area contributed by atoms with Crippen LogP contribution < -0.4 is 9.64 Å². The smallest absolute Gasteiger partial charge is 0.134 e. The normalized spacial score (nSPS) is 23.8. The van der Waals surface area contributed by atoms with Gasteiger partial charge in [0.25, 0.3) is 0 Å². The molecule has 2 saturated heterocycles. The van der Waals surface area contributed by atoms with Crippen LogP contribution in [0.3, 0.4) is 0 Å². The number of anilines is 1. The van der Waals surface area contributed by atoms with E-state index >= 15 is 0 Å². The van der Waals surface area contributed by atoms with Crippen molar-refractivity contribution in [1.82, 2.24) is 4.90 Å². The third-order valence-electron chi connectivity index (χ3n) is 6.36. The number of aliphatic hydroxyl groups is 2. The first-order valence-corrected chi connectivity index (χ1v) is 11.4. The van der Waals surface area contributed by atoms with Gasteiger partial charge >= 0.3 is 0 Å². The molecule has 2 aromatic carbocycles. The minimum Gasteiger partial charge on any atom is -0.490 e. The molecule has 2 aliphatic heterocycles. The van der Waals surface area contributed by atoms with E-state index in [2.05, 4.69) is 30.0 Å². The summed E-state index contributed by atoms with van der Waals surface area (Å²) in [6.45, 7) is 5.08. The summed E-state index contributed by atoms with van der Waals surface area (Å²) in [7, 11) is 0. The molecule has 0 bridgehead atoms. The lowest BCUT2D eigenvalue weighted by Crippen LogP contribution is -2.55. The summed E-state index contributed by atoms with van der Waals surface area (Å²) < 4.78 is 37.9. The SMILES string of the molecule is Cc1cccc(N2CCC(O)(CN3CCOC[C@](O)(COc4cc(F)cc(F)c4)C3)CC2)c1. The number of nitrogens with zero attached hydrogens (tertiary/aromatic N) is 2. The molecule has 1 atom stereocenters. The monoisotopic (exact) mass is 462 g/mol. The molecule has 8 heteroatoms. The second-order valence-electron chi connectivity index (χ2n) is 9.43. The Morgan fingerprint density at radius 1 is 1.00 bits per heavy atom. The molecule has 0 aromatic heterocycles. The predicted molar refractivity (Wildman–Crippen MR) is 122 cm³/mol. The van der Waals surface area contributed by atoms with Crippen LogP contribution in [0, 0.1) is 18.6 Å². The fourth-order valence-electron chi connectivity index (χ4n) is 4.63. The van der Waals surface area contributed by atoms with Crippen LogP contribution in [-0.2, 0) is 4.74 Å². The van der Waals surface area contributed by atoms with E-state index in [9.17, 15) is 19.0 Å². The first kappa shape index (κ1) is 23.9. The number of aryl methyl sites for hydroxylation is 1. The van der Waals surface area contributed by atoms with Crippen molar-refractivity contribution in [3.05, 3.63) is 59.7 Å². The van der Waals surface area contributed by atoms with Crippen LogP contribution in [0.5, 0.6) is 5.75 Å². The third-order valence-corrected chi connectivity index (χ3v) is 6.36. The van der Waals surface area contributed by atoms with Crippen molar-refractivity contribution < 1.29 is 28.5 Å². The number of β-amino-alcohol motifs (C(OH)–C–C–N with tert-alkyl or cyclic N) is 2. The van der Waals surface area contributed by atoms with Crippen molar-refractivity contribution in [2.75, 3.05) is 57.4 Å². The summed E-state index contributed by atoms with van der Waals surface area (Å²) in [6.07, 6.45) is 1.24. The van der Waals surface area contributed by atoms with Gasteiger partial charge in [0.15, 0.2) is 0 Å². The lowest BCUT2D eigenvalue weighted by Gasteiger charge is -2.42. The first-order chi connectivity index (χ1) is 15.7. The second-order valence-corrected chi connectivity index (χ2v) is 9.43. The van der Waals surface area contributed by atoms with Gasteiger partial charge in [0.2, 0.25) is 0 Å². The Bertz CT molecular complexity index is 932. The molecule has 180 valence electrons. The largest absolute Gasteiger partial charge is 0.490 e. The topological polar surface area (TPSA) is 65.4 Å². The molecule has 0 amide bonds. The summed E-state index contributed by atoms with van der Waals surface area (Å²) in [5.74, 6) is -1.47. The van der Waals surface area contributed by atoms with Crippen LogP contribution in [0.1, 0.15) is 18.4 Å². The zero-order valence-electron chi connectivity index (χ0n) is 19.0. The number of hydrogen-bond donors (Lipinski definition) is 2. The van der Waals surface area contributed by atoms with Gasteiger partial charge in [0.1, 0.15) is 29.6 Å². The number of rotatable bonds is 6. The first-order valence-electron chi connectivity index (χ1n) is 11.4. The molecule has 2 fully saturated rings. The molecule has 0 saturated carbocycles. The highest BCUT2D eigenvalue weighted by molar-refractivity contribution is 5.48. The van der Waals surface area contributed by atoms with E-state index < -0.39 is 22.8 Å². The number of benzene rings is 2. The molecule has 4 rings (SSSR count). The molecule has 0 unspecified atom stereocenters. The molecule has 6 nitrogen and oxygen atoms in total. The lowest BCUT2D eigenvalue weighted by atomic mass is 9.90. The Labute approximate surface area is 193 Å². The molecule has 2 aliphatic rings. The Kier molecular flexibility index (Phi) is 7.19. The molecule has 0 radical (unpaired) electrons. The maximum Gasteiger partial charge on any atom is 0.134 e. The Morgan fingerprint density at radius 2 is 1.73 bits per heavy atom. The van der Waals surface area contributed by atoms with Crippen LogP contribution in [0.25, 0.3) is 0 Å². The van der Waals surface area contributed by atoms with Gasteiger partial charge in [-0.15, -0.1) is 0 Å². The Morgan fingerprint density at radius 3 is 2.42 bits per heavy atom. The van der Waals surface area contributed by atoms with Gasteiger partial charge in [-0.2, -0.15) is 0 Å². The van der Waals surface area contributed by atoms with Crippen LogP contribution in [0.2, 0.25) is 0 Å². The average Bonchev–Trinajstić information content (AvgIpc) is 2.93. The van der Waals surface area contributed by atoms with E-state index in [0.717, 1.165) is 31.3 Å². The molecule has 2 aromatic rings. The van der Waals surface area contributed by atoms with Crippen molar-refractivity contribution in [3.63, 3.8) is 0 Å². The fraction of sp³-hybridized carbons (Fsp3) is 0.520. The zero-order valence-corrected chi connectivity index (χ0v) is 19.0. The number of halogens is 2. The van der Waals surface area contributed by atoms with E-state index in [1.807, 2.05) is 11.0 Å². The van der Waals surface area contributed by atoms with Crippen molar-refractivity contribution in [2.45, 2.75) is 31.0 Å². The van der Waals surface area contributed by atoms with Crippen molar-refractivity contribution >= 4 is 5.69 Å². The van der Waals surface area contributed by atoms with Gasteiger partial charge in [-0.25, -0.2) is 8.78 Å². The van der Waals surface area contributed by atoms with Crippen molar-refractivity contribution in [1.29, 1.82) is 0 Å². The van der Waals surface area contributed by atoms with Crippen LogP contribution in [0.4, 0.5) is 14.5 Å².